The number of rotatable bonds is 8. The van der Waals surface area contributed by atoms with Crippen LogP contribution in [0, 0.1) is 0 Å². The van der Waals surface area contributed by atoms with Crippen LogP contribution in [0.25, 0.3) is 28.0 Å². The Morgan fingerprint density at radius 3 is 2.66 bits per heavy atom. The number of fused-ring (bicyclic) bond motifs is 1. The SMILES string of the molecule is COc1cc(-c2cccc(C(N)(O)CCCO)n2)cc2c1cnn2-c1cccc(CO)n1. The van der Waals surface area contributed by atoms with Crippen LogP contribution in [0.3, 0.4) is 0 Å². The third-order valence-corrected chi connectivity index (χ3v) is 5.25. The van der Waals surface area contributed by atoms with Gasteiger partial charge in [-0.2, -0.15) is 5.10 Å². The Balaban J connectivity index is 1.83. The van der Waals surface area contributed by atoms with Gasteiger partial charge in [0.25, 0.3) is 0 Å². The largest absolute Gasteiger partial charge is 0.496 e. The lowest BCUT2D eigenvalue weighted by Crippen LogP contribution is -2.37. The predicted octanol–water partition coefficient (Wildman–Crippen LogP) is 1.86. The van der Waals surface area contributed by atoms with Crippen LogP contribution in [-0.4, -0.2) is 48.8 Å². The minimum atomic E-state index is -1.65. The molecule has 0 spiro atoms. The molecule has 1 unspecified atom stereocenters. The minimum absolute atomic E-state index is 0.0669. The first-order valence-corrected chi connectivity index (χ1v) is 10.2. The second kappa shape index (κ2) is 9.01. The molecule has 0 amide bonds. The predicted molar refractivity (Wildman–Crippen MR) is 119 cm³/mol. The first-order chi connectivity index (χ1) is 15.5. The van der Waals surface area contributed by atoms with Gasteiger partial charge in [0, 0.05) is 12.2 Å². The lowest BCUT2D eigenvalue weighted by molar-refractivity contribution is 0.0233. The maximum atomic E-state index is 10.6. The van der Waals surface area contributed by atoms with Crippen molar-refractivity contribution in [2.45, 2.75) is 25.2 Å². The molecular weight excluding hydrogens is 410 g/mol. The van der Waals surface area contributed by atoms with Crippen LogP contribution >= 0.6 is 0 Å². The summed E-state index contributed by atoms with van der Waals surface area (Å²) in [7, 11) is 1.58. The van der Waals surface area contributed by atoms with E-state index in [9.17, 15) is 10.2 Å². The quantitative estimate of drug-likeness (QED) is 0.308. The van der Waals surface area contributed by atoms with E-state index in [-0.39, 0.29) is 19.6 Å². The van der Waals surface area contributed by atoms with E-state index in [1.54, 1.807) is 42.3 Å². The second-order valence-electron chi connectivity index (χ2n) is 7.47. The lowest BCUT2D eigenvalue weighted by Gasteiger charge is -2.22. The molecule has 0 aliphatic rings. The molecule has 0 aliphatic carbocycles. The maximum absolute atomic E-state index is 10.6. The Kier molecular flexibility index (Phi) is 6.15. The molecule has 3 aromatic heterocycles. The number of methoxy groups -OCH3 is 1. The molecule has 1 atom stereocenters. The minimum Gasteiger partial charge on any atom is -0.496 e. The first kappa shape index (κ1) is 21.8. The van der Waals surface area contributed by atoms with E-state index in [1.165, 1.54) is 0 Å². The van der Waals surface area contributed by atoms with Gasteiger partial charge in [0.15, 0.2) is 11.5 Å². The van der Waals surface area contributed by atoms with Crippen molar-refractivity contribution in [3.8, 4) is 22.8 Å². The highest BCUT2D eigenvalue weighted by molar-refractivity contribution is 5.90. The van der Waals surface area contributed by atoms with E-state index >= 15 is 0 Å². The van der Waals surface area contributed by atoms with E-state index in [0.29, 0.717) is 35.1 Å². The van der Waals surface area contributed by atoms with Crippen LogP contribution in [0.2, 0.25) is 0 Å². The van der Waals surface area contributed by atoms with Gasteiger partial charge in [-0.1, -0.05) is 12.1 Å². The van der Waals surface area contributed by atoms with E-state index in [0.717, 1.165) is 16.5 Å². The molecule has 1 aromatic carbocycles. The maximum Gasteiger partial charge on any atom is 0.156 e. The van der Waals surface area contributed by atoms with Crippen molar-refractivity contribution in [2.75, 3.05) is 13.7 Å². The van der Waals surface area contributed by atoms with E-state index in [2.05, 4.69) is 15.1 Å². The molecule has 0 saturated heterocycles. The van der Waals surface area contributed by atoms with Gasteiger partial charge in [-0.3, -0.25) is 5.73 Å². The first-order valence-electron chi connectivity index (χ1n) is 10.2. The van der Waals surface area contributed by atoms with Crippen molar-refractivity contribution >= 4 is 10.9 Å². The van der Waals surface area contributed by atoms with E-state index in [1.807, 2.05) is 24.3 Å². The number of nitrogens with two attached hydrogens (primary N) is 1. The summed E-state index contributed by atoms with van der Waals surface area (Å²) in [5.41, 5.74) is 7.33. The molecule has 0 saturated carbocycles. The van der Waals surface area contributed by atoms with Crippen LogP contribution in [0.4, 0.5) is 0 Å². The average Bonchev–Trinajstić information content (AvgIpc) is 3.26. The molecule has 9 heteroatoms. The number of nitrogens with zero attached hydrogens (tertiary/aromatic N) is 4. The molecule has 0 aliphatic heterocycles. The summed E-state index contributed by atoms with van der Waals surface area (Å²) >= 11 is 0. The Bertz CT molecular complexity index is 1240. The zero-order valence-corrected chi connectivity index (χ0v) is 17.6. The van der Waals surface area contributed by atoms with Gasteiger partial charge in [0.2, 0.25) is 0 Å². The van der Waals surface area contributed by atoms with Gasteiger partial charge >= 0.3 is 0 Å². The average molecular weight is 435 g/mol. The van der Waals surface area contributed by atoms with Gasteiger partial charge in [-0.05, 0) is 49.2 Å². The van der Waals surface area contributed by atoms with Gasteiger partial charge in [-0.25, -0.2) is 14.6 Å². The number of ether oxygens (including phenoxy) is 1. The van der Waals surface area contributed by atoms with Gasteiger partial charge in [0.1, 0.15) is 5.75 Å². The fourth-order valence-electron chi connectivity index (χ4n) is 3.58. The summed E-state index contributed by atoms with van der Waals surface area (Å²) in [6, 6.07) is 14.4. The highest BCUT2D eigenvalue weighted by Crippen LogP contribution is 2.33. The summed E-state index contributed by atoms with van der Waals surface area (Å²) in [5.74, 6) is 1.17. The van der Waals surface area contributed by atoms with Crippen molar-refractivity contribution in [3.63, 3.8) is 0 Å². The molecule has 0 fully saturated rings. The summed E-state index contributed by atoms with van der Waals surface area (Å²) in [6.07, 6.45) is 2.24. The van der Waals surface area contributed by atoms with Crippen LogP contribution in [0.5, 0.6) is 5.75 Å². The smallest absolute Gasteiger partial charge is 0.156 e. The van der Waals surface area contributed by atoms with Crippen molar-refractivity contribution < 1.29 is 20.1 Å². The summed E-state index contributed by atoms with van der Waals surface area (Å²) in [6.45, 7) is -0.237. The van der Waals surface area contributed by atoms with Crippen molar-refractivity contribution in [1.82, 2.24) is 19.7 Å². The van der Waals surface area contributed by atoms with Gasteiger partial charge in [-0.15, -0.1) is 0 Å². The molecule has 4 aromatic rings. The van der Waals surface area contributed by atoms with Gasteiger partial charge < -0.3 is 20.1 Å². The molecule has 0 radical (unpaired) electrons. The van der Waals surface area contributed by atoms with E-state index in [4.69, 9.17) is 15.6 Å². The third-order valence-electron chi connectivity index (χ3n) is 5.25. The zero-order valence-electron chi connectivity index (χ0n) is 17.6. The molecule has 3 heterocycles. The van der Waals surface area contributed by atoms with E-state index < -0.39 is 5.72 Å². The van der Waals surface area contributed by atoms with Crippen LogP contribution in [-0.2, 0) is 12.3 Å². The van der Waals surface area contributed by atoms with Crippen LogP contribution in [0.15, 0.2) is 54.7 Å². The Morgan fingerprint density at radius 2 is 1.91 bits per heavy atom. The van der Waals surface area contributed by atoms with Crippen molar-refractivity contribution in [1.29, 1.82) is 0 Å². The fourth-order valence-corrected chi connectivity index (χ4v) is 3.58. The highest BCUT2D eigenvalue weighted by Gasteiger charge is 2.25. The molecule has 0 bridgehead atoms. The second-order valence-corrected chi connectivity index (χ2v) is 7.47. The summed E-state index contributed by atoms with van der Waals surface area (Å²) in [4.78, 5) is 9.01. The normalized spacial score (nSPS) is 13.3. The van der Waals surface area contributed by atoms with Crippen molar-refractivity contribution in [3.05, 3.63) is 66.1 Å². The number of aliphatic hydroxyl groups is 3. The lowest BCUT2D eigenvalue weighted by atomic mass is 10.0. The summed E-state index contributed by atoms with van der Waals surface area (Å²) in [5, 5.41) is 34.4. The number of benzene rings is 1. The van der Waals surface area contributed by atoms with Crippen molar-refractivity contribution in [2.24, 2.45) is 5.73 Å². The third kappa shape index (κ3) is 4.19. The molecule has 9 nitrogen and oxygen atoms in total. The standard InChI is InChI=1S/C23H25N5O4/c1-32-20-12-15(18-6-3-7-21(27-18)23(24,31)9-4-10-29)11-19-17(20)13-25-28(19)22-8-2-5-16(14-30)26-22/h2-3,5-8,11-13,29-31H,4,9-10,14,24H2,1H3. The van der Waals surface area contributed by atoms with Crippen LogP contribution in [0.1, 0.15) is 24.2 Å². The number of aliphatic hydroxyl groups excluding tert-OH is 2. The number of hydrogen-bond acceptors (Lipinski definition) is 8. The summed E-state index contributed by atoms with van der Waals surface area (Å²) < 4.78 is 7.26. The monoisotopic (exact) mass is 435 g/mol. The Hall–Kier alpha value is -3.37. The fraction of sp³-hybridized carbons (Fsp3) is 0.261. The molecule has 5 N–H and O–H groups in total. The molecular formula is C23H25N5O4. The highest BCUT2D eigenvalue weighted by atomic mass is 16.5. The number of aromatic nitrogens is 4. The zero-order chi connectivity index (χ0) is 22.7. The molecule has 4 rings (SSSR count). The Labute approximate surface area is 184 Å². The number of hydrogen-bond donors (Lipinski definition) is 4. The molecule has 32 heavy (non-hydrogen) atoms. The molecule has 166 valence electrons. The van der Waals surface area contributed by atoms with Crippen LogP contribution < -0.4 is 10.5 Å². The topological polar surface area (TPSA) is 140 Å². The number of pyridine rings is 2. The Morgan fingerprint density at radius 1 is 1.09 bits per heavy atom. The van der Waals surface area contributed by atoms with Gasteiger partial charge in [0.05, 0.1) is 47.9 Å².